The second-order valence-electron chi connectivity index (χ2n) is 5.63. The third-order valence-electron chi connectivity index (χ3n) is 3.96. The second-order valence-corrected chi connectivity index (χ2v) is 5.63. The lowest BCUT2D eigenvalue weighted by atomic mass is 10.1. The van der Waals surface area contributed by atoms with Crippen LogP contribution in [0, 0.1) is 0 Å². The van der Waals surface area contributed by atoms with E-state index in [-0.39, 0.29) is 11.7 Å². The summed E-state index contributed by atoms with van der Waals surface area (Å²) in [6, 6.07) is 17.1. The van der Waals surface area contributed by atoms with E-state index in [1.54, 1.807) is 17.0 Å². The van der Waals surface area contributed by atoms with Crippen LogP contribution < -0.4 is 4.74 Å². The fourth-order valence-electron chi connectivity index (χ4n) is 2.58. The van der Waals surface area contributed by atoms with Crippen LogP contribution in [0.1, 0.15) is 28.8 Å². The summed E-state index contributed by atoms with van der Waals surface area (Å²) >= 11 is 0. The largest absolute Gasteiger partial charge is 0.489 e. The van der Waals surface area contributed by atoms with Crippen LogP contribution in [0.25, 0.3) is 0 Å². The van der Waals surface area contributed by atoms with Crippen molar-refractivity contribution in [2.24, 2.45) is 0 Å². The number of Topliss-reactive ketones (excluding diaryl/α,β-unsaturated/α-hetero) is 1. The number of hydrogen-bond donors (Lipinski definition) is 0. The van der Waals surface area contributed by atoms with E-state index in [0.717, 1.165) is 11.3 Å². The molecular weight excluding hydrogens is 290 g/mol. The van der Waals surface area contributed by atoms with Crippen LogP contribution in [0.15, 0.2) is 54.6 Å². The van der Waals surface area contributed by atoms with Crippen molar-refractivity contribution in [1.29, 1.82) is 0 Å². The van der Waals surface area contributed by atoms with Crippen LogP contribution in [0.5, 0.6) is 5.75 Å². The molecule has 1 fully saturated rings. The van der Waals surface area contributed by atoms with E-state index in [4.69, 9.17) is 4.74 Å². The molecule has 0 spiro atoms. The summed E-state index contributed by atoms with van der Waals surface area (Å²) in [5.41, 5.74) is 1.73. The lowest BCUT2D eigenvalue weighted by Crippen LogP contribution is -2.38. The average Bonchev–Trinajstić information content (AvgIpc) is 2.61. The molecule has 2 aromatic rings. The van der Waals surface area contributed by atoms with Crippen molar-refractivity contribution in [3.05, 3.63) is 65.7 Å². The maximum atomic E-state index is 12.4. The van der Waals surface area contributed by atoms with Crippen molar-refractivity contribution in [3.8, 4) is 5.75 Å². The Bertz CT molecular complexity index is 670. The summed E-state index contributed by atoms with van der Waals surface area (Å²) in [7, 11) is 0. The Morgan fingerprint density at radius 1 is 0.957 bits per heavy atom. The number of carbonyl (C=O) groups is 2. The van der Waals surface area contributed by atoms with Crippen LogP contribution in [-0.2, 0) is 11.4 Å². The first kappa shape index (κ1) is 15.3. The fourth-order valence-corrected chi connectivity index (χ4v) is 2.58. The van der Waals surface area contributed by atoms with Gasteiger partial charge in [-0.1, -0.05) is 30.3 Å². The molecule has 0 bridgehead atoms. The molecule has 1 saturated heterocycles. The number of ketones is 1. The highest BCUT2D eigenvalue weighted by Crippen LogP contribution is 2.17. The first-order chi connectivity index (χ1) is 11.2. The van der Waals surface area contributed by atoms with Crippen molar-refractivity contribution in [2.45, 2.75) is 19.4 Å². The highest BCUT2D eigenvalue weighted by atomic mass is 16.5. The molecule has 1 heterocycles. The van der Waals surface area contributed by atoms with Gasteiger partial charge in [0, 0.05) is 31.5 Å². The highest BCUT2D eigenvalue weighted by Gasteiger charge is 2.21. The molecule has 23 heavy (non-hydrogen) atoms. The first-order valence-corrected chi connectivity index (χ1v) is 7.80. The van der Waals surface area contributed by atoms with Crippen molar-refractivity contribution in [1.82, 2.24) is 4.90 Å². The highest BCUT2D eigenvalue weighted by molar-refractivity contribution is 5.95. The molecular formula is C19H19NO3. The minimum Gasteiger partial charge on any atom is -0.489 e. The molecule has 118 valence electrons. The molecule has 0 saturated carbocycles. The molecule has 0 aromatic heterocycles. The van der Waals surface area contributed by atoms with Crippen molar-refractivity contribution >= 4 is 11.7 Å². The maximum Gasteiger partial charge on any atom is 0.253 e. The SMILES string of the molecule is O=C1CCN(C(=O)c2ccc(OCc3ccccc3)cc2)CC1. The Morgan fingerprint density at radius 2 is 1.61 bits per heavy atom. The Hall–Kier alpha value is -2.62. The van der Waals surface area contributed by atoms with E-state index < -0.39 is 0 Å². The monoisotopic (exact) mass is 309 g/mol. The van der Waals surface area contributed by atoms with Gasteiger partial charge < -0.3 is 9.64 Å². The molecule has 4 heteroatoms. The molecule has 0 aliphatic carbocycles. The number of piperidine rings is 1. The molecule has 0 N–H and O–H groups in total. The van der Waals surface area contributed by atoms with Gasteiger partial charge in [-0.2, -0.15) is 0 Å². The van der Waals surface area contributed by atoms with Crippen LogP contribution in [-0.4, -0.2) is 29.7 Å². The molecule has 2 aromatic carbocycles. The topological polar surface area (TPSA) is 46.6 Å². The van der Waals surface area contributed by atoms with Gasteiger partial charge in [-0.3, -0.25) is 9.59 Å². The lowest BCUT2D eigenvalue weighted by molar-refractivity contribution is -0.120. The van der Waals surface area contributed by atoms with Crippen LogP contribution in [0.2, 0.25) is 0 Å². The number of nitrogens with zero attached hydrogens (tertiary/aromatic N) is 1. The zero-order valence-electron chi connectivity index (χ0n) is 12.9. The minimum absolute atomic E-state index is 0.0212. The number of ether oxygens (including phenoxy) is 1. The first-order valence-electron chi connectivity index (χ1n) is 7.80. The molecule has 1 aliphatic rings. The van der Waals surface area contributed by atoms with Gasteiger partial charge in [-0.25, -0.2) is 0 Å². The zero-order chi connectivity index (χ0) is 16.1. The van der Waals surface area contributed by atoms with Crippen LogP contribution in [0.4, 0.5) is 0 Å². The third-order valence-corrected chi connectivity index (χ3v) is 3.96. The smallest absolute Gasteiger partial charge is 0.253 e. The molecule has 3 rings (SSSR count). The molecule has 0 unspecified atom stereocenters. The van der Waals surface area contributed by atoms with E-state index in [2.05, 4.69) is 0 Å². The summed E-state index contributed by atoms with van der Waals surface area (Å²) in [6.07, 6.45) is 0.925. The average molecular weight is 309 g/mol. The Morgan fingerprint density at radius 3 is 2.26 bits per heavy atom. The Labute approximate surface area is 135 Å². The zero-order valence-corrected chi connectivity index (χ0v) is 12.9. The quantitative estimate of drug-likeness (QED) is 0.872. The molecule has 0 radical (unpaired) electrons. The summed E-state index contributed by atoms with van der Waals surface area (Å²) < 4.78 is 5.72. The van der Waals surface area contributed by atoms with Gasteiger partial charge in [0.25, 0.3) is 5.91 Å². The Kier molecular flexibility index (Phi) is 4.71. The fraction of sp³-hybridized carbons (Fsp3) is 0.263. The summed E-state index contributed by atoms with van der Waals surface area (Å²) in [5, 5.41) is 0. The van der Waals surface area contributed by atoms with Gasteiger partial charge in [-0.15, -0.1) is 0 Å². The third kappa shape index (κ3) is 3.97. The van der Waals surface area contributed by atoms with Gasteiger partial charge in [0.05, 0.1) is 0 Å². The van der Waals surface area contributed by atoms with Gasteiger partial charge >= 0.3 is 0 Å². The number of carbonyl (C=O) groups excluding carboxylic acids is 2. The number of rotatable bonds is 4. The molecule has 1 aliphatic heterocycles. The number of amides is 1. The molecule has 0 atom stereocenters. The Balaban J connectivity index is 1.58. The van der Waals surface area contributed by atoms with Crippen molar-refractivity contribution in [2.75, 3.05) is 13.1 Å². The van der Waals surface area contributed by atoms with Gasteiger partial charge in [0.2, 0.25) is 0 Å². The molecule has 1 amide bonds. The van der Waals surface area contributed by atoms with Gasteiger partial charge in [0.1, 0.15) is 18.1 Å². The van der Waals surface area contributed by atoms with E-state index in [1.807, 2.05) is 42.5 Å². The van der Waals surface area contributed by atoms with Crippen molar-refractivity contribution in [3.63, 3.8) is 0 Å². The predicted octanol–water partition coefficient (Wildman–Crippen LogP) is 3.07. The lowest BCUT2D eigenvalue weighted by Gasteiger charge is -2.26. The van der Waals surface area contributed by atoms with E-state index in [0.29, 0.717) is 38.1 Å². The summed E-state index contributed by atoms with van der Waals surface area (Å²) in [4.78, 5) is 25.4. The predicted molar refractivity (Wildman–Crippen MR) is 87.4 cm³/mol. The van der Waals surface area contributed by atoms with E-state index >= 15 is 0 Å². The van der Waals surface area contributed by atoms with Gasteiger partial charge in [-0.05, 0) is 29.8 Å². The normalized spacial score (nSPS) is 14.6. The second kappa shape index (κ2) is 7.09. The summed E-state index contributed by atoms with van der Waals surface area (Å²) in [6.45, 7) is 1.54. The van der Waals surface area contributed by atoms with E-state index in [9.17, 15) is 9.59 Å². The van der Waals surface area contributed by atoms with Gasteiger partial charge in [0.15, 0.2) is 0 Å². The number of likely N-dealkylation sites (tertiary alicyclic amines) is 1. The minimum atomic E-state index is -0.0212. The summed E-state index contributed by atoms with van der Waals surface area (Å²) in [5.74, 6) is 0.949. The number of hydrogen-bond acceptors (Lipinski definition) is 3. The van der Waals surface area contributed by atoms with Crippen molar-refractivity contribution < 1.29 is 14.3 Å². The van der Waals surface area contributed by atoms with Crippen LogP contribution in [0.3, 0.4) is 0 Å². The maximum absolute atomic E-state index is 12.4. The van der Waals surface area contributed by atoms with E-state index in [1.165, 1.54) is 0 Å². The number of benzene rings is 2. The standard InChI is InChI=1S/C19H19NO3/c21-17-10-12-20(13-11-17)19(22)16-6-8-18(9-7-16)23-14-15-4-2-1-3-5-15/h1-9H,10-14H2. The van der Waals surface area contributed by atoms with Crippen LogP contribution >= 0.6 is 0 Å². The molecule has 4 nitrogen and oxygen atoms in total.